The molecule has 0 fully saturated rings. The number of nitrogens with zero attached hydrogens (tertiary/aromatic N) is 2. The van der Waals surface area contributed by atoms with Crippen molar-refractivity contribution in [1.29, 1.82) is 0 Å². The Morgan fingerprint density at radius 1 is 1.05 bits per heavy atom. The lowest BCUT2D eigenvalue weighted by Crippen LogP contribution is -2.40. The molecular weight excluding hydrogens is 532 g/mol. The standard InChI is InChI=1S/C30H32N2O7S/c1-6-36-22-14-12-20(13-15-22)27-26(29(35)39-18(3)4)19(5)31-30-32(27)28(34)24(40-30)16-21-10-8-9-11-23(21)38-17-25(33)37-7-2/h8-16,18,27H,6-7,17H2,1-5H3/b24-16+/t27-/m1/s1. The van der Waals surface area contributed by atoms with Crippen molar-refractivity contribution >= 4 is 29.4 Å². The summed E-state index contributed by atoms with van der Waals surface area (Å²) in [6.07, 6.45) is 1.36. The fourth-order valence-corrected chi connectivity index (χ4v) is 5.34. The van der Waals surface area contributed by atoms with Crippen LogP contribution >= 0.6 is 11.3 Å². The third-order valence-electron chi connectivity index (χ3n) is 5.95. The third-order valence-corrected chi connectivity index (χ3v) is 6.93. The molecule has 0 amide bonds. The number of benzene rings is 2. The molecule has 2 heterocycles. The molecule has 0 saturated carbocycles. The van der Waals surface area contributed by atoms with Crippen LogP contribution in [0.15, 0.2) is 69.6 Å². The molecule has 1 atom stereocenters. The van der Waals surface area contributed by atoms with E-state index in [1.54, 1.807) is 52.0 Å². The SMILES string of the molecule is CCOC(=O)COc1ccccc1/C=c1/sc2n(c1=O)[C@H](c1ccc(OCC)cc1)C(C(=O)OC(C)C)=C(C)N=2. The molecule has 0 spiro atoms. The van der Waals surface area contributed by atoms with E-state index in [2.05, 4.69) is 4.99 Å². The van der Waals surface area contributed by atoms with E-state index in [0.29, 0.717) is 44.3 Å². The highest BCUT2D eigenvalue weighted by Gasteiger charge is 2.33. The van der Waals surface area contributed by atoms with Crippen molar-refractivity contribution in [1.82, 2.24) is 4.57 Å². The molecular formula is C30H32N2O7S. The molecule has 10 heteroatoms. The van der Waals surface area contributed by atoms with Gasteiger partial charge in [-0.2, -0.15) is 0 Å². The summed E-state index contributed by atoms with van der Waals surface area (Å²) in [7, 11) is 0. The minimum atomic E-state index is -0.740. The van der Waals surface area contributed by atoms with E-state index in [1.807, 2.05) is 37.3 Å². The van der Waals surface area contributed by atoms with Gasteiger partial charge in [0.25, 0.3) is 5.56 Å². The molecule has 4 rings (SSSR count). The van der Waals surface area contributed by atoms with Crippen molar-refractivity contribution in [2.75, 3.05) is 19.8 Å². The smallest absolute Gasteiger partial charge is 0.344 e. The summed E-state index contributed by atoms with van der Waals surface area (Å²) >= 11 is 1.21. The summed E-state index contributed by atoms with van der Waals surface area (Å²) in [5.74, 6) is 0.109. The molecule has 9 nitrogen and oxygen atoms in total. The summed E-state index contributed by atoms with van der Waals surface area (Å²) in [5, 5.41) is 0. The molecule has 0 saturated heterocycles. The predicted molar refractivity (Wildman–Crippen MR) is 151 cm³/mol. The van der Waals surface area contributed by atoms with Crippen molar-refractivity contribution in [2.24, 2.45) is 4.99 Å². The Morgan fingerprint density at radius 3 is 2.45 bits per heavy atom. The van der Waals surface area contributed by atoms with Gasteiger partial charge in [0.2, 0.25) is 0 Å². The maximum atomic E-state index is 13.9. The third kappa shape index (κ3) is 6.34. The van der Waals surface area contributed by atoms with Crippen molar-refractivity contribution in [3.05, 3.63) is 90.6 Å². The van der Waals surface area contributed by atoms with Crippen molar-refractivity contribution in [3.8, 4) is 11.5 Å². The summed E-state index contributed by atoms with van der Waals surface area (Å²) < 4.78 is 23.7. The fourth-order valence-electron chi connectivity index (χ4n) is 4.30. The van der Waals surface area contributed by atoms with E-state index < -0.39 is 18.0 Å². The second-order valence-electron chi connectivity index (χ2n) is 9.17. The lowest BCUT2D eigenvalue weighted by Gasteiger charge is -2.25. The van der Waals surface area contributed by atoms with Crippen LogP contribution in [-0.2, 0) is 19.1 Å². The van der Waals surface area contributed by atoms with Crippen LogP contribution in [0.1, 0.15) is 51.8 Å². The first-order valence-corrected chi connectivity index (χ1v) is 13.9. The van der Waals surface area contributed by atoms with Crippen molar-refractivity contribution in [2.45, 2.75) is 46.8 Å². The van der Waals surface area contributed by atoms with E-state index in [0.717, 1.165) is 5.56 Å². The number of para-hydroxylation sites is 1. The minimum absolute atomic E-state index is 0.252. The Morgan fingerprint density at radius 2 is 1.77 bits per heavy atom. The molecule has 0 unspecified atom stereocenters. The highest BCUT2D eigenvalue weighted by Crippen LogP contribution is 2.32. The molecule has 210 valence electrons. The minimum Gasteiger partial charge on any atom is -0.494 e. The number of esters is 2. The van der Waals surface area contributed by atoms with Gasteiger partial charge in [0.1, 0.15) is 11.5 Å². The molecule has 40 heavy (non-hydrogen) atoms. The van der Waals surface area contributed by atoms with Gasteiger partial charge in [-0.05, 0) is 64.5 Å². The first-order valence-electron chi connectivity index (χ1n) is 13.1. The van der Waals surface area contributed by atoms with Crippen LogP contribution in [0.4, 0.5) is 0 Å². The number of carbonyl (C=O) groups excluding carboxylic acids is 2. The van der Waals surface area contributed by atoms with Crippen molar-refractivity contribution in [3.63, 3.8) is 0 Å². The van der Waals surface area contributed by atoms with E-state index >= 15 is 0 Å². The van der Waals surface area contributed by atoms with Gasteiger partial charge in [-0.25, -0.2) is 14.6 Å². The Bertz CT molecular complexity index is 1600. The van der Waals surface area contributed by atoms with E-state index in [1.165, 1.54) is 15.9 Å². The second kappa shape index (κ2) is 12.8. The van der Waals surface area contributed by atoms with E-state index in [-0.39, 0.29) is 24.9 Å². The fraction of sp³-hybridized carbons (Fsp3) is 0.333. The quantitative estimate of drug-likeness (QED) is 0.347. The summed E-state index contributed by atoms with van der Waals surface area (Å²) in [4.78, 5) is 44.1. The van der Waals surface area contributed by atoms with Crippen LogP contribution in [0.3, 0.4) is 0 Å². The number of hydrogen-bond acceptors (Lipinski definition) is 9. The Hall–Kier alpha value is -4.18. The average Bonchev–Trinajstić information content (AvgIpc) is 3.22. The van der Waals surface area contributed by atoms with Crippen LogP contribution in [0.2, 0.25) is 0 Å². The molecule has 0 bridgehead atoms. The number of carbonyl (C=O) groups is 2. The van der Waals surface area contributed by atoms with Gasteiger partial charge in [-0.1, -0.05) is 41.7 Å². The number of allylic oxidation sites excluding steroid dienone is 1. The highest BCUT2D eigenvalue weighted by atomic mass is 32.1. The number of aromatic nitrogens is 1. The van der Waals surface area contributed by atoms with Gasteiger partial charge >= 0.3 is 11.9 Å². The summed E-state index contributed by atoms with van der Waals surface area (Å²) in [5.41, 5.74) is 1.81. The zero-order valence-corrected chi connectivity index (χ0v) is 23.9. The summed E-state index contributed by atoms with van der Waals surface area (Å²) in [6.45, 7) is 9.44. The first-order chi connectivity index (χ1) is 19.2. The van der Waals surface area contributed by atoms with Crippen LogP contribution in [-0.4, -0.2) is 42.4 Å². The number of hydrogen-bond donors (Lipinski definition) is 0. The molecule has 0 radical (unpaired) electrons. The molecule has 2 aromatic carbocycles. The summed E-state index contributed by atoms with van der Waals surface area (Å²) in [6, 6.07) is 13.7. The number of thiazole rings is 1. The van der Waals surface area contributed by atoms with E-state index in [9.17, 15) is 14.4 Å². The molecule has 3 aromatic rings. The van der Waals surface area contributed by atoms with Gasteiger partial charge in [-0.3, -0.25) is 9.36 Å². The maximum absolute atomic E-state index is 13.9. The maximum Gasteiger partial charge on any atom is 0.344 e. The van der Waals surface area contributed by atoms with Crippen molar-refractivity contribution < 1.29 is 28.5 Å². The first kappa shape index (κ1) is 28.8. The van der Waals surface area contributed by atoms with E-state index in [4.69, 9.17) is 18.9 Å². The highest BCUT2D eigenvalue weighted by molar-refractivity contribution is 7.07. The van der Waals surface area contributed by atoms with Gasteiger partial charge in [0.05, 0.1) is 41.2 Å². The lowest BCUT2D eigenvalue weighted by atomic mass is 9.96. The van der Waals surface area contributed by atoms with Crippen LogP contribution in [0, 0.1) is 0 Å². The van der Waals surface area contributed by atoms with Gasteiger partial charge < -0.3 is 18.9 Å². The number of rotatable bonds is 10. The molecule has 1 aliphatic heterocycles. The predicted octanol–water partition coefficient (Wildman–Crippen LogP) is 3.53. The Labute approximate surface area is 236 Å². The molecule has 0 aliphatic carbocycles. The average molecular weight is 565 g/mol. The van der Waals surface area contributed by atoms with Gasteiger partial charge in [0, 0.05) is 5.56 Å². The second-order valence-corrected chi connectivity index (χ2v) is 10.2. The topological polar surface area (TPSA) is 105 Å². The zero-order valence-electron chi connectivity index (χ0n) is 23.1. The van der Waals surface area contributed by atoms with Crippen LogP contribution < -0.4 is 24.4 Å². The lowest BCUT2D eigenvalue weighted by molar-refractivity contribution is -0.145. The van der Waals surface area contributed by atoms with Gasteiger partial charge in [-0.15, -0.1) is 0 Å². The largest absolute Gasteiger partial charge is 0.494 e. The number of ether oxygens (including phenoxy) is 4. The molecule has 0 N–H and O–H groups in total. The molecule has 1 aliphatic rings. The van der Waals surface area contributed by atoms with Gasteiger partial charge in [0.15, 0.2) is 11.4 Å². The Balaban J connectivity index is 1.83. The number of fused-ring (bicyclic) bond motifs is 1. The Kier molecular flexibility index (Phi) is 9.21. The normalized spacial score (nSPS) is 14.9. The zero-order chi connectivity index (χ0) is 28.8. The molecule has 1 aromatic heterocycles. The van der Waals surface area contributed by atoms with Crippen LogP contribution in [0.25, 0.3) is 6.08 Å². The monoisotopic (exact) mass is 564 g/mol. The van der Waals surface area contributed by atoms with Crippen LogP contribution in [0.5, 0.6) is 11.5 Å².